The van der Waals surface area contributed by atoms with Gasteiger partial charge in [-0.25, -0.2) is 0 Å². The molecule has 0 heterocycles. The van der Waals surface area contributed by atoms with E-state index in [0.717, 1.165) is 22.9 Å². The third-order valence-corrected chi connectivity index (χ3v) is 3.90. The van der Waals surface area contributed by atoms with E-state index in [2.05, 4.69) is 21.1 Å². The molecule has 5 nitrogen and oxygen atoms in total. The Morgan fingerprint density at radius 2 is 2.25 bits per heavy atom. The van der Waals surface area contributed by atoms with Gasteiger partial charge >= 0.3 is 0 Å². The van der Waals surface area contributed by atoms with Gasteiger partial charge in [-0.1, -0.05) is 21.1 Å². The van der Waals surface area contributed by atoms with Gasteiger partial charge in [-0.2, -0.15) is 0 Å². The fraction of sp³-hybridized carbons (Fsp3) is 0.429. The molecule has 6 heteroatoms. The molecular formula is C14H18BrN3O2. The van der Waals surface area contributed by atoms with Crippen LogP contribution in [0.25, 0.3) is 0 Å². The van der Waals surface area contributed by atoms with Gasteiger partial charge in [-0.15, -0.1) is 0 Å². The lowest BCUT2D eigenvalue weighted by molar-refractivity contribution is 0.0746. The number of carbonyl (C=O) groups is 1. The Labute approximate surface area is 126 Å². The van der Waals surface area contributed by atoms with Crippen molar-refractivity contribution in [3.05, 3.63) is 33.8 Å². The van der Waals surface area contributed by atoms with E-state index in [1.165, 1.54) is 0 Å². The predicted molar refractivity (Wildman–Crippen MR) is 81.0 cm³/mol. The number of nitrogens with zero attached hydrogens (tertiary/aromatic N) is 2. The number of amides is 1. The Hall–Kier alpha value is -1.56. The molecular weight excluding hydrogens is 322 g/mol. The number of halogens is 1. The van der Waals surface area contributed by atoms with Crippen LogP contribution < -0.4 is 5.73 Å². The molecule has 0 saturated heterocycles. The number of amidine groups is 1. The maximum atomic E-state index is 12.6. The molecule has 20 heavy (non-hydrogen) atoms. The second-order valence-corrected chi connectivity index (χ2v) is 5.95. The summed E-state index contributed by atoms with van der Waals surface area (Å²) in [6.07, 6.45) is 2.43. The fourth-order valence-corrected chi connectivity index (χ4v) is 2.62. The predicted octanol–water partition coefficient (Wildman–Crippen LogP) is 2.50. The lowest BCUT2D eigenvalue weighted by atomic mass is 10.1. The van der Waals surface area contributed by atoms with Crippen molar-refractivity contribution in [3.63, 3.8) is 0 Å². The number of aryl methyl sites for hydroxylation is 1. The Balaban J connectivity index is 2.14. The van der Waals surface area contributed by atoms with Crippen LogP contribution in [0.5, 0.6) is 0 Å². The molecule has 2 rings (SSSR count). The third-order valence-electron chi connectivity index (χ3n) is 3.40. The van der Waals surface area contributed by atoms with Crippen LogP contribution in [-0.2, 0) is 0 Å². The molecule has 0 bridgehead atoms. The Morgan fingerprint density at radius 3 is 2.80 bits per heavy atom. The molecule has 3 N–H and O–H groups in total. The molecule has 0 spiro atoms. The van der Waals surface area contributed by atoms with Crippen LogP contribution in [0, 0.1) is 6.92 Å². The second kappa shape index (κ2) is 6.26. The topological polar surface area (TPSA) is 78.9 Å². The number of oxime groups is 1. The van der Waals surface area contributed by atoms with Crippen LogP contribution in [0.15, 0.2) is 27.8 Å². The maximum absolute atomic E-state index is 12.6. The highest BCUT2D eigenvalue weighted by Gasteiger charge is 2.33. The summed E-state index contributed by atoms with van der Waals surface area (Å²) in [5, 5.41) is 11.5. The lowest BCUT2D eigenvalue weighted by Crippen LogP contribution is -2.36. The second-order valence-electron chi connectivity index (χ2n) is 5.03. The highest BCUT2D eigenvalue weighted by Crippen LogP contribution is 2.29. The number of benzene rings is 1. The zero-order valence-electron chi connectivity index (χ0n) is 11.3. The smallest absolute Gasteiger partial charge is 0.254 e. The molecule has 1 saturated carbocycles. The molecule has 1 amide bonds. The van der Waals surface area contributed by atoms with Crippen molar-refractivity contribution in [1.82, 2.24) is 4.90 Å². The zero-order chi connectivity index (χ0) is 14.7. The number of hydrogen-bond acceptors (Lipinski definition) is 3. The van der Waals surface area contributed by atoms with Gasteiger partial charge in [0.2, 0.25) is 0 Å². The normalized spacial score (nSPS) is 15.2. The molecule has 0 radical (unpaired) electrons. The first-order valence-corrected chi connectivity index (χ1v) is 7.35. The molecule has 1 aliphatic rings. The van der Waals surface area contributed by atoms with Crippen molar-refractivity contribution in [2.75, 3.05) is 6.54 Å². The largest absolute Gasteiger partial charge is 0.409 e. The van der Waals surface area contributed by atoms with Crippen molar-refractivity contribution in [2.45, 2.75) is 32.2 Å². The van der Waals surface area contributed by atoms with Crippen molar-refractivity contribution < 1.29 is 10.0 Å². The summed E-state index contributed by atoms with van der Waals surface area (Å²) in [4.78, 5) is 14.5. The van der Waals surface area contributed by atoms with E-state index in [1.807, 2.05) is 30.0 Å². The molecule has 0 aliphatic heterocycles. The summed E-state index contributed by atoms with van der Waals surface area (Å²) < 4.78 is 0.959. The van der Waals surface area contributed by atoms with Gasteiger partial charge in [0.05, 0.1) is 0 Å². The lowest BCUT2D eigenvalue weighted by Gasteiger charge is -2.23. The van der Waals surface area contributed by atoms with Crippen LogP contribution in [-0.4, -0.2) is 34.4 Å². The van der Waals surface area contributed by atoms with Gasteiger partial charge in [-0.05, 0) is 43.5 Å². The molecule has 0 aromatic heterocycles. The van der Waals surface area contributed by atoms with E-state index in [1.54, 1.807) is 0 Å². The van der Waals surface area contributed by atoms with Crippen LogP contribution in [0.2, 0.25) is 0 Å². The van der Waals surface area contributed by atoms with Crippen molar-refractivity contribution in [3.8, 4) is 0 Å². The van der Waals surface area contributed by atoms with Gasteiger partial charge in [0.15, 0.2) is 0 Å². The van der Waals surface area contributed by atoms with Crippen molar-refractivity contribution >= 4 is 27.7 Å². The number of hydrogen-bond donors (Lipinski definition) is 2. The van der Waals surface area contributed by atoms with E-state index < -0.39 is 0 Å². The first-order chi connectivity index (χ1) is 9.52. The van der Waals surface area contributed by atoms with Crippen molar-refractivity contribution in [1.29, 1.82) is 0 Å². The number of nitrogens with two attached hydrogens (primary N) is 1. The first kappa shape index (κ1) is 14.8. The van der Waals surface area contributed by atoms with Crippen LogP contribution >= 0.6 is 15.9 Å². The summed E-state index contributed by atoms with van der Waals surface area (Å²) in [6, 6.07) is 5.93. The molecule has 0 atom stereocenters. The average molecular weight is 340 g/mol. The summed E-state index contributed by atoms with van der Waals surface area (Å²) in [5.74, 6) is 0.166. The molecule has 1 aromatic carbocycles. The molecule has 1 aromatic rings. The number of rotatable bonds is 5. The monoisotopic (exact) mass is 339 g/mol. The van der Waals surface area contributed by atoms with E-state index in [0.29, 0.717) is 18.5 Å². The van der Waals surface area contributed by atoms with Gasteiger partial charge in [0, 0.05) is 29.0 Å². The van der Waals surface area contributed by atoms with E-state index in [9.17, 15) is 4.79 Å². The van der Waals surface area contributed by atoms with Gasteiger partial charge < -0.3 is 15.8 Å². The van der Waals surface area contributed by atoms with Gasteiger partial charge in [0.1, 0.15) is 5.84 Å². The third kappa shape index (κ3) is 3.50. The zero-order valence-corrected chi connectivity index (χ0v) is 12.9. The summed E-state index contributed by atoms with van der Waals surface area (Å²) in [7, 11) is 0. The SMILES string of the molecule is Cc1cc(Br)ccc1C(=O)N(CCC(N)=NO)C1CC1. The Kier molecular flexibility index (Phi) is 4.65. The molecule has 1 aliphatic carbocycles. The minimum atomic E-state index is 0.0169. The Morgan fingerprint density at radius 1 is 1.55 bits per heavy atom. The summed E-state index contributed by atoms with van der Waals surface area (Å²) in [5.41, 5.74) is 7.14. The maximum Gasteiger partial charge on any atom is 0.254 e. The van der Waals surface area contributed by atoms with Crippen LogP contribution in [0.3, 0.4) is 0 Å². The van der Waals surface area contributed by atoms with E-state index in [-0.39, 0.29) is 17.8 Å². The quantitative estimate of drug-likeness (QED) is 0.374. The minimum Gasteiger partial charge on any atom is -0.409 e. The summed E-state index contributed by atoms with van der Waals surface area (Å²) in [6.45, 7) is 2.40. The number of carbonyl (C=O) groups excluding carboxylic acids is 1. The molecule has 0 unspecified atom stereocenters. The standard InChI is InChI=1S/C14H18BrN3O2/c1-9-8-10(15)2-5-12(9)14(19)18(11-3-4-11)7-6-13(16)17-20/h2,5,8,11,20H,3-4,6-7H2,1H3,(H2,16,17). The minimum absolute atomic E-state index is 0.0169. The van der Waals surface area contributed by atoms with Crippen LogP contribution in [0.4, 0.5) is 0 Å². The molecule has 1 fully saturated rings. The highest BCUT2D eigenvalue weighted by atomic mass is 79.9. The van der Waals surface area contributed by atoms with Crippen LogP contribution in [0.1, 0.15) is 35.2 Å². The fourth-order valence-electron chi connectivity index (χ4n) is 2.14. The highest BCUT2D eigenvalue weighted by molar-refractivity contribution is 9.10. The molecule has 108 valence electrons. The van der Waals surface area contributed by atoms with Crippen molar-refractivity contribution in [2.24, 2.45) is 10.9 Å². The Bertz CT molecular complexity index is 541. The average Bonchev–Trinajstić information content (AvgIpc) is 3.23. The van der Waals surface area contributed by atoms with E-state index >= 15 is 0 Å². The summed E-state index contributed by atoms with van der Waals surface area (Å²) >= 11 is 3.40. The van der Waals surface area contributed by atoms with Gasteiger partial charge in [0.25, 0.3) is 5.91 Å². The van der Waals surface area contributed by atoms with Gasteiger partial charge in [-0.3, -0.25) is 4.79 Å². The first-order valence-electron chi connectivity index (χ1n) is 6.56. The van der Waals surface area contributed by atoms with E-state index in [4.69, 9.17) is 10.9 Å².